The van der Waals surface area contributed by atoms with E-state index in [1.165, 1.54) is 8.61 Å². The van der Waals surface area contributed by atoms with Gasteiger partial charge in [0.2, 0.25) is 0 Å². The van der Waals surface area contributed by atoms with Gasteiger partial charge in [0, 0.05) is 20.1 Å². The molecule has 0 spiro atoms. The van der Waals surface area contributed by atoms with Gasteiger partial charge in [-0.25, -0.2) is 0 Å². The van der Waals surface area contributed by atoms with Crippen molar-refractivity contribution in [2.75, 3.05) is 18.4 Å². The van der Waals surface area contributed by atoms with Crippen LogP contribution < -0.4 is 4.31 Å². The Labute approximate surface area is 128 Å². The van der Waals surface area contributed by atoms with Crippen molar-refractivity contribution >= 4 is 15.9 Å². The highest BCUT2D eigenvalue weighted by molar-refractivity contribution is 7.90. The number of nitrogens with zero attached hydrogens (tertiary/aromatic N) is 2. The second kappa shape index (κ2) is 7.43. The van der Waals surface area contributed by atoms with Gasteiger partial charge in [-0.2, -0.15) is 12.7 Å². The minimum atomic E-state index is -3.58. The molecule has 1 aromatic carbocycles. The predicted molar refractivity (Wildman–Crippen MR) is 89.6 cm³/mol. The zero-order valence-electron chi connectivity index (χ0n) is 13.2. The first-order valence-electron chi connectivity index (χ1n) is 6.92. The fourth-order valence-electron chi connectivity index (χ4n) is 2.29. The number of benzene rings is 1. The topological polar surface area (TPSA) is 40.6 Å². The molecule has 0 bridgehead atoms. The number of likely N-dealkylation sites (N-methyl/N-ethyl adjacent to an activating group) is 1. The molecule has 0 unspecified atom stereocenters. The number of hydrogen-bond donors (Lipinski definition) is 0. The third kappa shape index (κ3) is 3.95. The van der Waals surface area contributed by atoms with Crippen molar-refractivity contribution in [2.24, 2.45) is 0 Å². The van der Waals surface area contributed by atoms with Crippen LogP contribution in [0.1, 0.15) is 20.3 Å². The standard InChI is InChI=1S/C16H24N2O2S/c1-6-11-14(3)16(7-2)18(5)21(19,20)17(4)15-12-9-8-10-13-15/h6,8-13,16H,1,7H2,2-5H3/t16-/m1/s1. The lowest BCUT2D eigenvalue weighted by atomic mass is 10.1. The molecule has 0 aliphatic heterocycles. The zero-order chi connectivity index (χ0) is 16.0. The van der Waals surface area contributed by atoms with Gasteiger partial charge >= 0.3 is 10.2 Å². The van der Waals surface area contributed by atoms with E-state index in [-0.39, 0.29) is 6.04 Å². The zero-order valence-corrected chi connectivity index (χ0v) is 14.0. The Hall–Kier alpha value is -1.59. The third-order valence-electron chi connectivity index (χ3n) is 3.56. The molecule has 0 amide bonds. The molecule has 0 N–H and O–H groups in total. The summed E-state index contributed by atoms with van der Waals surface area (Å²) in [5.41, 5.74) is 1.62. The highest BCUT2D eigenvalue weighted by atomic mass is 32.2. The van der Waals surface area contributed by atoms with Crippen molar-refractivity contribution in [1.29, 1.82) is 0 Å². The first-order chi connectivity index (χ1) is 9.86. The fraction of sp³-hybridized carbons (Fsp3) is 0.375. The van der Waals surface area contributed by atoms with Crippen molar-refractivity contribution in [1.82, 2.24) is 4.31 Å². The van der Waals surface area contributed by atoms with E-state index in [0.717, 1.165) is 5.57 Å². The summed E-state index contributed by atoms with van der Waals surface area (Å²) >= 11 is 0. The normalized spacial score (nSPS) is 14.0. The summed E-state index contributed by atoms with van der Waals surface area (Å²) in [6.07, 6.45) is 4.23. The number of para-hydroxylation sites is 1. The van der Waals surface area contributed by atoms with Crippen LogP contribution in [-0.4, -0.2) is 32.9 Å². The fourth-order valence-corrected chi connectivity index (χ4v) is 3.70. The lowest BCUT2D eigenvalue weighted by molar-refractivity contribution is 0.394. The Bertz CT molecular complexity index is 594. The minimum Gasteiger partial charge on any atom is -0.261 e. The molecule has 116 valence electrons. The maximum Gasteiger partial charge on any atom is 0.304 e. The van der Waals surface area contributed by atoms with Crippen LogP contribution in [0.5, 0.6) is 0 Å². The maximum atomic E-state index is 12.7. The van der Waals surface area contributed by atoms with Crippen molar-refractivity contribution in [2.45, 2.75) is 26.3 Å². The van der Waals surface area contributed by atoms with Crippen LogP contribution >= 0.6 is 0 Å². The molecule has 0 saturated heterocycles. The molecule has 0 fully saturated rings. The largest absolute Gasteiger partial charge is 0.304 e. The van der Waals surface area contributed by atoms with Crippen LogP contribution in [0.3, 0.4) is 0 Å². The molecule has 0 heterocycles. The Kier molecular flexibility index (Phi) is 6.18. The first-order valence-corrected chi connectivity index (χ1v) is 8.32. The summed E-state index contributed by atoms with van der Waals surface area (Å²) < 4.78 is 28.2. The lowest BCUT2D eigenvalue weighted by Crippen LogP contribution is -2.45. The van der Waals surface area contributed by atoms with Gasteiger partial charge in [0.25, 0.3) is 0 Å². The Morgan fingerprint density at radius 1 is 1.29 bits per heavy atom. The molecule has 1 aromatic rings. The van der Waals surface area contributed by atoms with Gasteiger partial charge in [0.1, 0.15) is 0 Å². The van der Waals surface area contributed by atoms with Crippen molar-refractivity contribution in [3.63, 3.8) is 0 Å². The molecule has 1 rings (SSSR count). The number of anilines is 1. The number of rotatable bonds is 7. The summed E-state index contributed by atoms with van der Waals surface area (Å²) in [6, 6.07) is 8.87. The average Bonchev–Trinajstić information content (AvgIpc) is 2.48. The van der Waals surface area contributed by atoms with Crippen LogP contribution in [-0.2, 0) is 10.2 Å². The summed E-state index contributed by atoms with van der Waals surface area (Å²) in [4.78, 5) is 0. The van der Waals surface area contributed by atoms with E-state index in [2.05, 4.69) is 6.58 Å². The van der Waals surface area contributed by atoms with Crippen molar-refractivity contribution in [3.8, 4) is 0 Å². The SMILES string of the molecule is C=CC=C(C)[C@@H](CC)N(C)S(=O)(=O)N(C)c1ccccc1. The van der Waals surface area contributed by atoms with E-state index in [1.54, 1.807) is 32.3 Å². The van der Waals surface area contributed by atoms with E-state index in [9.17, 15) is 8.42 Å². The molecule has 21 heavy (non-hydrogen) atoms. The van der Waals surface area contributed by atoms with Crippen LogP contribution in [0, 0.1) is 0 Å². The van der Waals surface area contributed by atoms with Crippen molar-refractivity contribution < 1.29 is 8.42 Å². The number of allylic oxidation sites excluding steroid dienone is 2. The molecule has 0 radical (unpaired) electrons. The molecule has 0 aliphatic carbocycles. The quantitative estimate of drug-likeness (QED) is 0.726. The van der Waals surface area contributed by atoms with Crippen LogP contribution in [0.2, 0.25) is 0 Å². The highest BCUT2D eigenvalue weighted by Gasteiger charge is 2.30. The molecule has 0 aromatic heterocycles. The van der Waals surface area contributed by atoms with Crippen LogP contribution in [0.15, 0.2) is 54.6 Å². The second-order valence-electron chi connectivity index (χ2n) is 4.90. The molecular formula is C16H24N2O2S. The lowest BCUT2D eigenvalue weighted by Gasteiger charge is -2.32. The average molecular weight is 308 g/mol. The molecule has 0 saturated carbocycles. The predicted octanol–water partition coefficient (Wildman–Crippen LogP) is 3.21. The summed E-state index contributed by atoms with van der Waals surface area (Å²) in [5, 5.41) is 0. The molecular weight excluding hydrogens is 284 g/mol. The van der Waals surface area contributed by atoms with E-state index in [1.807, 2.05) is 38.1 Å². The molecule has 0 aliphatic rings. The van der Waals surface area contributed by atoms with E-state index in [4.69, 9.17) is 0 Å². The number of hydrogen-bond acceptors (Lipinski definition) is 2. The van der Waals surface area contributed by atoms with Gasteiger partial charge in [0.15, 0.2) is 0 Å². The Morgan fingerprint density at radius 2 is 1.86 bits per heavy atom. The van der Waals surface area contributed by atoms with Crippen LogP contribution in [0.4, 0.5) is 5.69 Å². The van der Waals surface area contributed by atoms with Crippen molar-refractivity contribution in [3.05, 3.63) is 54.6 Å². The van der Waals surface area contributed by atoms with E-state index >= 15 is 0 Å². The van der Waals surface area contributed by atoms with Gasteiger partial charge in [-0.3, -0.25) is 4.31 Å². The molecule has 1 atom stereocenters. The van der Waals surface area contributed by atoms with Gasteiger partial charge < -0.3 is 0 Å². The smallest absolute Gasteiger partial charge is 0.261 e. The van der Waals surface area contributed by atoms with E-state index in [0.29, 0.717) is 12.1 Å². The van der Waals surface area contributed by atoms with Crippen LogP contribution in [0.25, 0.3) is 0 Å². The Morgan fingerprint density at radius 3 is 2.33 bits per heavy atom. The highest BCUT2D eigenvalue weighted by Crippen LogP contribution is 2.22. The monoisotopic (exact) mass is 308 g/mol. The van der Waals surface area contributed by atoms with Gasteiger partial charge in [-0.1, -0.05) is 49.4 Å². The second-order valence-corrected chi connectivity index (χ2v) is 6.92. The minimum absolute atomic E-state index is 0.181. The summed E-state index contributed by atoms with van der Waals surface area (Å²) in [5.74, 6) is 0. The summed E-state index contributed by atoms with van der Waals surface area (Å²) in [6.45, 7) is 7.56. The first kappa shape index (κ1) is 17.5. The summed E-state index contributed by atoms with van der Waals surface area (Å²) in [7, 11) is -0.391. The Balaban J connectivity index is 3.11. The molecule has 4 nitrogen and oxygen atoms in total. The van der Waals surface area contributed by atoms with Gasteiger partial charge in [0.05, 0.1) is 5.69 Å². The van der Waals surface area contributed by atoms with Gasteiger partial charge in [-0.05, 0) is 25.5 Å². The van der Waals surface area contributed by atoms with E-state index < -0.39 is 10.2 Å². The maximum absolute atomic E-state index is 12.7. The van der Waals surface area contributed by atoms with Gasteiger partial charge in [-0.15, -0.1) is 0 Å². The molecule has 5 heteroatoms. The third-order valence-corrected chi connectivity index (χ3v) is 5.45.